The minimum atomic E-state index is -0.227. The Hall–Kier alpha value is -3.14. The second-order valence-electron chi connectivity index (χ2n) is 6.76. The summed E-state index contributed by atoms with van der Waals surface area (Å²) in [6, 6.07) is 18.9. The lowest BCUT2D eigenvalue weighted by Crippen LogP contribution is -2.07. The van der Waals surface area contributed by atoms with Crippen LogP contribution in [0.1, 0.15) is 22.4 Å². The maximum absolute atomic E-state index is 13.1. The fraction of sp³-hybridized carbons (Fsp3) is 0.174. The first kappa shape index (κ1) is 17.3. The third kappa shape index (κ3) is 3.43. The fourth-order valence-electron chi connectivity index (χ4n) is 3.41. The smallest absolute Gasteiger partial charge is 0.151 e. The second-order valence-corrected chi connectivity index (χ2v) is 6.76. The van der Waals surface area contributed by atoms with E-state index in [-0.39, 0.29) is 5.82 Å². The SMILES string of the molecule is Cc1c(C)n(Cc2ccccc2)c2c(NCc3ccc(F)cc3)n[c]cc12. The zero-order valence-electron chi connectivity index (χ0n) is 15.5. The number of aromatic nitrogens is 2. The van der Waals surface area contributed by atoms with E-state index in [1.165, 1.54) is 29.0 Å². The highest BCUT2D eigenvalue weighted by atomic mass is 19.1. The molecule has 0 atom stereocenters. The van der Waals surface area contributed by atoms with Crippen LogP contribution in [0.4, 0.5) is 10.2 Å². The van der Waals surface area contributed by atoms with Gasteiger partial charge >= 0.3 is 0 Å². The zero-order valence-corrected chi connectivity index (χ0v) is 15.5. The molecule has 2 aromatic carbocycles. The molecule has 0 aliphatic heterocycles. The van der Waals surface area contributed by atoms with Gasteiger partial charge in [-0.25, -0.2) is 9.37 Å². The highest BCUT2D eigenvalue weighted by Gasteiger charge is 2.15. The number of aryl methyl sites for hydroxylation is 1. The first-order valence-electron chi connectivity index (χ1n) is 9.02. The molecule has 3 nitrogen and oxygen atoms in total. The molecule has 0 bridgehead atoms. The van der Waals surface area contributed by atoms with Crippen LogP contribution in [-0.2, 0) is 13.1 Å². The van der Waals surface area contributed by atoms with Crippen molar-refractivity contribution in [3.05, 3.63) is 95.1 Å². The molecule has 27 heavy (non-hydrogen) atoms. The monoisotopic (exact) mass is 358 g/mol. The number of nitrogens with zero attached hydrogens (tertiary/aromatic N) is 2. The molecule has 2 heterocycles. The topological polar surface area (TPSA) is 29.9 Å². The summed E-state index contributed by atoms with van der Waals surface area (Å²) in [5.41, 5.74) is 5.79. The van der Waals surface area contributed by atoms with Crippen molar-refractivity contribution >= 4 is 16.7 Å². The van der Waals surface area contributed by atoms with Gasteiger partial charge in [-0.2, -0.15) is 0 Å². The predicted molar refractivity (Wildman–Crippen MR) is 107 cm³/mol. The lowest BCUT2D eigenvalue weighted by atomic mass is 10.2. The van der Waals surface area contributed by atoms with Crippen molar-refractivity contribution in [2.45, 2.75) is 26.9 Å². The average molecular weight is 358 g/mol. The Kier molecular flexibility index (Phi) is 4.63. The van der Waals surface area contributed by atoms with Crippen molar-refractivity contribution < 1.29 is 4.39 Å². The molecule has 4 rings (SSSR count). The molecule has 0 aliphatic carbocycles. The molecular weight excluding hydrogens is 337 g/mol. The first-order valence-corrected chi connectivity index (χ1v) is 9.02. The Morgan fingerprint density at radius 3 is 2.48 bits per heavy atom. The molecule has 0 saturated heterocycles. The van der Waals surface area contributed by atoms with Crippen LogP contribution in [0, 0.1) is 25.9 Å². The quantitative estimate of drug-likeness (QED) is 0.528. The predicted octanol–water partition coefficient (Wildman–Crippen LogP) is 5.25. The summed E-state index contributed by atoms with van der Waals surface area (Å²) >= 11 is 0. The van der Waals surface area contributed by atoms with Crippen molar-refractivity contribution in [2.75, 3.05) is 5.32 Å². The molecule has 0 unspecified atom stereocenters. The summed E-state index contributed by atoms with van der Waals surface area (Å²) in [5, 5.41) is 4.56. The molecular formula is C23H21FN3. The summed E-state index contributed by atoms with van der Waals surface area (Å²) in [7, 11) is 0. The second kappa shape index (κ2) is 7.23. The van der Waals surface area contributed by atoms with E-state index in [0.717, 1.165) is 28.8 Å². The average Bonchev–Trinajstić information content (AvgIpc) is 2.94. The van der Waals surface area contributed by atoms with Crippen LogP contribution in [0.2, 0.25) is 0 Å². The summed E-state index contributed by atoms with van der Waals surface area (Å²) in [6.07, 6.45) is 3.01. The maximum Gasteiger partial charge on any atom is 0.151 e. The molecule has 1 N–H and O–H groups in total. The number of nitrogens with one attached hydrogen (secondary N) is 1. The van der Waals surface area contributed by atoms with Gasteiger partial charge in [0.2, 0.25) is 0 Å². The van der Waals surface area contributed by atoms with E-state index in [4.69, 9.17) is 0 Å². The largest absolute Gasteiger partial charge is 0.364 e. The number of benzene rings is 2. The Bertz CT molecular complexity index is 1070. The fourth-order valence-corrected chi connectivity index (χ4v) is 3.41. The van der Waals surface area contributed by atoms with Gasteiger partial charge in [-0.1, -0.05) is 42.5 Å². The van der Waals surface area contributed by atoms with Crippen LogP contribution in [0.3, 0.4) is 0 Å². The molecule has 1 radical (unpaired) electrons. The van der Waals surface area contributed by atoms with Crippen molar-refractivity contribution in [1.82, 2.24) is 9.55 Å². The van der Waals surface area contributed by atoms with Gasteiger partial charge in [-0.05, 0) is 48.7 Å². The van der Waals surface area contributed by atoms with E-state index in [1.807, 2.05) is 12.1 Å². The zero-order chi connectivity index (χ0) is 18.8. The molecule has 0 fully saturated rings. The van der Waals surface area contributed by atoms with E-state index in [1.54, 1.807) is 12.1 Å². The number of hydrogen-bond acceptors (Lipinski definition) is 2. The number of pyridine rings is 1. The van der Waals surface area contributed by atoms with Gasteiger partial charge in [0.25, 0.3) is 0 Å². The van der Waals surface area contributed by atoms with Crippen LogP contribution >= 0.6 is 0 Å². The molecule has 135 valence electrons. The van der Waals surface area contributed by atoms with Gasteiger partial charge in [0.05, 0.1) is 11.7 Å². The van der Waals surface area contributed by atoms with E-state index in [2.05, 4.69) is 59.2 Å². The van der Waals surface area contributed by atoms with Crippen molar-refractivity contribution in [3.63, 3.8) is 0 Å². The first-order chi connectivity index (χ1) is 13.1. The van der Waals surface area contributed by atoms with Crippen molar-refractivity contribution in [2.24, 2.45) is 0 Å². The molecule has 4 heteroatoms. The van der Waals surface area contributed by atoms with Crippen molar-refractivity contribution in [3.8, 4) is 0 Å². The van der Waals surface area contributed by atoms with Gasteiger partial charge in [-0.15, -0.1) is 0 Å². The maximum atomic E-state index is 13.1. The summed E-state index contributed by atoms with van der Waals surface area (Å²) in [5.74, 6) is 0.569. The van der Waals surface area contributed by atoms with Gasteiger partial charge in [0.15, 0.2) is 5.82 Å². The van der Waals surface area contributed by atoms with Gasteiger partial charge in [0, 0.05) is 24.2 Å². The highest BCUT2D eigenvalue weighted by Crippen LogP contribution is 2.30. The lowest BCUT2D eigenvalue weighted by Gasteiger charge is -2.12. The number of anilines is 1. The van der Waals surface area contributed by atoms with E-state index >= 15 is 0 Å². The van der Waals surface area contributed by atoms with E-state index in [9.17, 15) is 4.39 Å². The number of fused-ring (bicyclic) bond motifs is 1. The third-order valence-electron chi connectivity index (χ3n) is 5.04. The van der Waals surface area contributed by atoms with Crippen LogP contribution in [0.5, 0.6) is 0 Å². The van der Waals surface area contributed by atoms with Gasteiger partial charge < -0.3 is 9.88 Å². The summed E-state index contributed by atoms with van der Waals surface area (Å²) in [6.45, 7) is 5.64. The number of rotatable bonds is 5. The molecule has 4 aromatic rings. The molecule has 0 spiro atoms. The van der Waals surface area contributed by atoms with E-state index < -0.39 is 0 Å². The summed E-state index contributed by atoms with van der Waals surface area (Å²) in [4.78, 5) is 4.47. The minimum absolute atomic E-state index is 0.227. The normalized spacial score (nSPS) is 11.1. The molecule has 0 aliphatic rings. The Morgan fingerprint density at radius 1 is 1.00 bits per heavy atom. The van der Waals surface area contributed by atoms with Crippen LogP contribution < -0.4 is 5.32 Å². The van der Waals surface area contributed by atoms with Crippen molar-refractivity contribution in [1.29, 1.82) is 0 Å². The van der Waals surface area contributed by atoms with Crippen LogP contribution in [0.25, 0.3) is 10.9 Å². The van der Waals surface area contributed by atoms with E-state index in [0.29, 0.717) is 6.54 Å². The Morgan fingerprint density at radius 2 is 1.74 bits per heavy atom. The Balaban J connectivity index is 1.72. The van der Waals surface area contributed by atoms with Gasteiger partial charge in [-0.3, -0.25) is 0 Å². The van der Waals surface area contributed by atoms with Gasteiger partial charge in [0.1, 0.15) is 5.82 Å². The minimum Gasteiger partial charge on any atom is -0.364 e. The third-order valence-corrected chi connectivity index (χ3v) is 5.04. The van der Waals surface area contributed by atoms with Crippen LogP contribution in [-0.4, -0.2) is 9.55 Å². The van der Waals surface area contributed by atoms with Crippen LogP contribution in [0.15, 0.2) is 60.7 Å². The standard InChI is InChI=1S/C23H21FN3/c1-16-17(2)27(15-19-6-4-3-5-7-19)22-21(16)12-13-25-23(22)26-14-18-8-10-20(24)11-9-18/h3-12H,14-15H2,1-2H3,(H,25,26). The highest BCUT2D eigenvalue weighted by molar-refractivity contribution is 5.93. The lowest BCUT2D eigenvalue weighted by molar-refractivity contribution is 0.627. The number of halogens is 1. The molecule has 0 amide bonds. The molecule has 2 aromatic heterocycles. The molecule has 0 saturated carbocycles. The summed E-state index contributed by atoms with van der Waals surface area (Å²) < 4.78 is 15.4. The number of hydrogen-bond donors (Lipinski definition) is 1. The Labute approximate surface area is 158 Å².